The first kappa shape index (κ1) is 12.5. The normalized spacial score (nSPS) is 8.92. The summed E-state index contributed by atoms with van der Waals surface area (Å²) in [4.78, 5) is 0. The molecule has 0 bridgehead atoms. The first-order valence-corrected chi connectivity index (χ1v) is 5.06. The van der Waals surface area contributed by atoms with E-state index in [0.29, 0.717) is 6.54 Å². The van der Waals surface area contributed by atoms with E-state index in [4.69, 9.17) is 17.3 Å². The highest BCUT2D eigenvalue weighted by molar-refractivity contribution is 6.30. The molecule has 0 aliphatic rings. The molecule has 2 N–H and O–H groups in total. The Kier molecular flexibility index (Phi) is 7.76. The fourth-order valence-electron chi connectivity index (χ4n) is 0.620. The summed E-state index contributed by atoms with van der Waals surface area (Å²) in [7, 11) is 0. The van der Waals surface area contributed by atoms with Crippen molar-refractivity contribution in [3.8, 4) is 0 Å². The van der Waals surface area contributed by atoms with E-state index in [1.807, 2.05) is 24.3 Å². The molecule has 0 unspecified atom stereocenters. The van der Waals surface area contributed by atoms with Crippen LogP contribution in [-0.4, -0.2) is 0 Å². The Morgan fingerprint density at radius 3 is 1.85 bits per heavy atom. The zero-order chi connectivity index (χ0) is 10.1. The van der Waals surface area contributed by atoms with Gasteiger partial charge >= 0.3 is 0 Å². The maximum atomic E-state index is 5.63. The summed E-state index contributed by atoms with van der Waals surface area (Å²) < 4.78 is 0. The highest BCUT2D eigenvalue weighted by atomic mass is 35.5. The van der Waals surface area contributed by atoms with Crippen molar-refractivity contribution >= 4 is 11.6 Å². The molecule has 0 amide bonds. The number of hydrogen-bond acceptors (Lipinski definition) is 1. The molecule has 0 radical (unpaired) electrons. The number of benzene rings is 1. The van der Waals surface area contributed by atoms with Crippen molar-refractivity contribution in [3.63, 3.8) is 0 Å². The second kappa shape index (κ2) is 8.09. The van der Waals surface area contributed by atoms with Crippen molar-refractivity contribution in [2.75, 3.05) is 0 Å². The van der Waals surface area contributed by atoms with Crippen molar-refractivity contribution in [1.29, 1.82) is 0 Å². The van der Waals surface area contributed by atoms with Gasteiger partial charge in [-0.1, -0.05) is 50.4 Å². The predicted molar refractivity (Wildman–Crippen MR) is 59.9 cm³/mol. The maximum absolute atomic E-state index is 5.63. The van der Waals surface area contributed by atoms with E-state index in [2.05, 4.69) is 13.8 Å². The second-order valence-electron chi connectivity index (χ2n) is 2.83. The fourth-order valence-corrected chi connectivity index (χ4v) is 0.746. The van der Waals surface area contributed by atoms with Crippen molar-refractivity contribution in [2.45, 2.75) is 33.2 Å². The Bertz CT molecular complexity index is 204. The third-order valence-electron chi connectivity index (χ3n) is 1.65. The van der Waals surface area contributed by atoms with Crippen molar-refractivity contribution in [1.82, 2.24) is 0 Å². The van der Waals surface area contributed by atoms with Gasteiger partial charge in [0, 0.05) is 11.6 Å². The van der Waals surface area contributed by atoms with Gasteiger partial charge in [-0.3, -0.25) is 0 Å². The summed E-state index contributed by atoms with van der Waals surface area (Å²) in [5, 5.41) is 0.757. The summed E-state index contributed by atoms with van der Waals surface area (Å²) in [6, 6.07) is 7.51. The van der Waals surface area contributed by atoms with Gasteiger partial charge in [-0.2, -0.15) is 0 Å². The van der Waals surface area contributed by atoms with Gasteiger partial charge < -0.3 is 5.73 Å². The van der Waals surface area contributed by atoms with Crippen molar-refractivity contribution < 1.29 is 0 Å². The molecule has 0 aromatic heterocycles. The summed E-state index contributed by atoms with van der Waals surface area (Å²) >= 11 is 5.63. The third kappa shape index (κ3) is 6.62. The van der Waals surface area contributed by atoms with E-state index in [9.17, 15) is 0 Å². The van der Waals surface area contributed by atoms with Crippen molar-refractivity contribution in [2.24, 2.45) is 5.73 Å². The lowest BCUT2D eigenvalue weighted by Crippen LogP contribution is -1.94. The molecule has 74 valence electrons. The smallest absolute Gasteiger partial charge is 0.0406 e. The monoisotopic (exact) mass is 199 g/mol. The third-order valence-corrected chi connectivity index (χ3v) is 1.90. The van der Waals surface area contributed by atoms with Gasteiger partial charge in [-0.05, 0) is 17.7 Å². The molecule has 0 heterocycles. The van der Waals surface area contributed by atoms with E-state index in [-0.39, 0.29) is 0 Å². The summed E-state index contributed by atoms with van der Waals surface area (Å²) in [6.07, 6.45) is 2.64. The molecule has 0 saturated carbocycles. The zero-order valence-electron chi connectivity index (χ0n) is 8.39. The molecule has 1 rings (SSSR count). The van der Waals surface area contributed by atoms with Crippen LogP contribution < -0.4 is 5.73 Å². The number of nitrogens with two attached hydrogens (primary N) is 1. The zero-order valence-corrected chi connectivity index (χ0v) is 9.14. The lowest BCUT2D eigenvalue weighted by atomic mass is 10.2. The highest BCUT2D eigenvalue weighted by Crippen LogP contribution is 2.08. The van der Waals surface area contributed by atoms with Crippen LogP contribution in [0.25, 0.3) is 0 Å². The van der Waals surface area contributed by atoms with Crippen LogP contribution in [0.15, 0.2) is 24.3 Å². The average molecular weight is 200 g/mol. The van der Waals surface area contributed by atoms with Crippen LogP contribution in [0.2, 0.25) is 5.02 Å². The van der Waals surface area contributed by atoms with Gasteiger partial charge in [0.15, 0.2) is 0 Å². The minimum atomic E-state index is 0.581. The molecular weight excluding hydrogens is 182 g/mol. The molecule has 1 nitrogen and oxygen atoms in total. The summed E-state index contributed by atoms with van der Waals surface area (Å²) in [5.41, 5.74) is 6.47. The van der Waals surface area contributed by atoms with E-state index in [1.54, 1.807) is 0 Å². The molecule has 0 spiro atoms. The van der Waals surface area contributed by atoms with Crippen molar-refractivity contribution in [3.05, 3.63) is 34.9 Å². The molecule has 1 aromatic rings. The standard InChI is InChI=1S/C7H8ClN.C4H10/c8-7-3-1-6(5-9)2-4-7;1-3-4-2/h1-4H,5,9H2;3-4H2,1-2H3. The van der Waals surface area contributed by atoms with Gasteiger partial charge in [0.05, 0.1) is 0 Å². The fraction of sp³-hybridized carbons (Fsp3) is 0.455. The van der Waals surface area contributed by atoms with Gasteiger partial charge in [0.2, 0.25) is 0 Å². The van der Waals surface area contributed by atoms with E-state index in [0.717, 1.165) is 10.6 Å². The lowest BCUT2D eigenvalue weighted by Gasteiger charge is -1.93. The van der Waals surface area contributed by atoms with Gasteiger partial charge in [-0.25, -0.2) is 0 Å². The van der Waals surface area contributed by atoms with E-state index < -0.39 is 0 Å². The Balaban J connectivity index is 0.000000310. The largest absolute Gasteiger partial charge is 0.326 e. The molecule has 0 aliphatic heterocycles. The topological polar surface area (TPSA) is 26.0 Å². The number of unbranched alkanes of at least 4 members (excludes halogenated alkanes) is 1. The Morgan fingerprint density at radius 1 is 1.08 bits per heavy atom. The molecule has 2 heteroatoms. The minimum Gasteiger partial charge on any atom is -0.326 e. The number of rotatable bonds is 2. The number of hydrogen-bond donors (Lipinski definition) is 1. The second-order valence-corrected chi connectivity index (χ2v) is 3.27. The average Bonchev–Trinajstić information content (AvgIpc) is 2.19. The Morgan fingerprint density at radius 2 is 1.54 bits per heavy atom. The SMILES string of the molecule is CCCC.NCc1ccc(Cl)cc1. The van der Waals surface area contributed by atoms with E-state index >= 15 is 0 Å². The summed E-state index contributed by atoms with van der Waals surface area (Å²) in [5.74, 6) is 0. The molecule has 13 heavy (non-hydrogen) atoms. The van der Waals surface area contributed by atoms with Crippen LogP contribution >= 0.6 is 11.6 Å². The van der Waals surface area contributed by atoms with Crippen LogP contribution in [0.1, 0.15) is 32.3 Å². The van der Waals surface area contributed by atoms with E-state index in [1.165, 1.54) is 12.8 Å². The Hall–Kier alpha value is -0.530. The van der Waals surface area contributed by atoms with Crippen LogP contribution in [0.5, 0.6) is 0 Å². The van der Waals surface area contributed by atoms with Gasteiger partial charge in [0.25, 0.3) is 0 Å². The van der Waals surface area contributed by atoms with Crippen LogP contribution in [0.4, 0.5) is 0 Å². The minimum absolute atomic E-state index is 0.581. The molecular formula is C11H18ClN. The number of halogens is 1. The van der Waals surface area contributed by atoms with Gasteiger partial charge in [0.1, 0.15) is 0 Å². The van der Waals surface area contributed by atoms with Crippen LogP contribution in [-0.2, 0) is 6.54 Å². The molecule has 0 fully saturated rings. The van der Waals surface area contributed by atoms with Crippen LogP contribution in [0.3, 0.4) is 0 Å². The maximum Gasteiger partial charge on any atom is 0.0406 e. The predicted octanol–water partition coefficient (Wildman–Crippen LogP) is 3.61. The lowest BCUT2D eigenvalue weighted by molar-refractivity contribution is 0.886. The van der Waals surface area contributed by atoms with Gasteiger partial charge in [-0.15, -0.1) is 0 Å². The first-order valence-electron chi connectivity index (χ1n) is 4.69. The highest BCUT2D eigenvalue weighted by Gasteiger charge is 1.86. The van der Waals surface area contributed by atoms with Crippen LogP contribution in [0, 0.1) is 0 Å². The Labute approximate surface area is 85.9 Å². The summed E-state index contributed by atoms with van der Waals surface area (Å²) in [6.45, 7) is 4.94. The molecule has 1 aromatic carbocycles. The molecule has 0 aliphatic carbocycles. The molecule has 0 saturated heterocycles. The first-order chi connectivity index (χ1) is 6.24. The molecule has 0 atom stereocenters. The quantitative estimate of drug-likeness (QED) is 0.774.